The fraction of sp³-hybridized carbons (Fsp3) is 0.600. The van der Waals surface area contributed by atoms with E-state index < -0.39 is 0 Å². The molecule has 2 N–H and O–H groups in total. The molecule has 0 radical (unpaired) electrons. The number of hydrogen-bond acceptors (Lipinski definition) is 3. The number of rotatable bonds is 4. The third kappa shape index (κ3) is 3.83. The highest BCUT2D eigenvalue weighted by Crippen LogP contribution is 2.30. The molecule has 1 saturated heterocycles. The van der Waals surface area contributed by atoms with E-state index in [0.717, 1.165) is 22.0 Å². The van der Waals surface area contributed by atoms with E-state index in [2.05, 4.69) is 74.0 Å². The Morgan fingerprint density at radius 2 is 1.90 bits per heavy atom. The third-order valence-electron chi connectivity index (χ3n) is 4.22. The Kier molecular flexibility index (Phi) is 6.05. The topological polar surface area (TPSA) is 32.5 Å². The SMILES string of the molecule is CN(C)C1CCN(C(CN)c2ccc(Br)c(Br)c2)CC1. The van der Waals surface area contributed by atoms with E-state index in [9.17, 15) is 0 Å². The van der Waals surface area contributed by atoms with E-state index in [0.29, 0.717) is 18.6 Å². The van der Waals surface area contributed by atoms with Gasteiger partial charge in [-0.2, -0.15) is 0 Å². The molecule has 5 heteroatoms. The van der Waals surface area contributed by atoms with Gasteiger partial charge in [0.05, 0.1) is 0 Å². The summed E-state index contributed by atoms with van der Waals surface area (Å²) in [6, 6.07) is 7.47. The van der Waals surface area contributed by atoms with Crippen LogP contribution in [0.5, 0.6) is 0 Å². The van der Waals surface area contributed by atoms with Crippen LogP contribution in [0, 0.1) is 0 Å². The Balaban J connectivity index is 2.07. The van der Waals surface area contributed by atoms with Gasteiger partial charge in [0.2, 0.25) is 0 Å². The van der Waals surface area contributed by atoms with E-state index in [1.54, 1.807) is 0 Å². The van der Waals surface area contributed by atoms with Crippen LogP contribution >= 0.6 is 31.9 Å². The molecule has 1 aromatic rings. The summed E-state index contributed by atoms with van der Waals surface area (Å²) in [4.78, 5) is 4.86. The van der Waals surface area contributed by atoms with Gasteiger partial charge in [-0.1, -0.05) is 6.07 Å². The zero-order chi connectivity index (χ0) is 14.7. The molecule has 1 atom stereocenters. The predicted octanol–water partition coefficient (Wildman–Crippen LogP) is 3.24. The van der Waals surface area contributed by atoms with Crippen LogP contribution in [-0.4, -0.2) is 49.6 Å². The first kappa shape index (κ1) is 16.4. The molecule has 20 heavy (non-hydrogen) atoms. The van der Waals surface area contributed by atoms with Crippen LogP contribution in [0.1, 0.15) is 24.4 Å². The molecular formula is C15H23Br2N3. The molecular weight excluding hydrogens is 382 g/mol. The van der Waals surface area contributed by atoms with Crippen molar-refractivity contribution in [2.45, 2.75) is 24.9 Å². The fourth-order valence-electron chi connectivity index (χ4n) is 2.93. The Morgan fingerprint density at radius 1 is 1.25 bits per heavy atom. The first-order valence-corrected chi connectivity index (χ1v) is 8.67. The van der Waals surface area contributed by atoms with Crippen LogP contribution in [0.2, 0.25) is 0 Å². The summed E-state index contributed by atoms with van der Waals surface area (Å²) in [6.07, 6.45) is 2.45. The zero-order valence-electron chi connectivity index (χ0n) is 12.1. The molecule has 0 saturated carbocycles. The van der Waals surface area contributed by atoms with Crippen LogP contribution in [0.15, 0.2) is 27.1 Å². The lowest BCUT2D eigenvalue weighted by molar-refractivity contribution is 0.111. The largest absolute Gasteiger partial charge is 0.329 e. The first-order valence-electron chi connectivity index (χ1n) is 7.08. The second-order valence-corrected chi connectivity index (χ2v) is 7.36. The molecule has 1 fully saturated rings. The maximum absolute atomic E-state index is 6.04. The molecule has 0 spiro atoms. The third-order valence-corrected chi connectivity index (χ3v) is 6.10. The number of benzene rings is 1. The predicted molar refractivity (Wildman–Crippen MR) is 91.9 cm³/mol. The van der Waals surface area contributed by atoms with Crippen molar-refractivity contribution < 1.29 is 0 Å². The van der Waals surface area contributed by atoms with E-state index in [1.165, 1.54) is 18.4 Å². The van der Waals surface area contributed by atoms with Crippen molar-refractivity contribution in [3.63, 3.8) is 0 Å². The number of likely N-dealkylation sites (tertiary alicyclic amines) is 1. The van der Waals surface area contributed by atoms with Crippen molar-refractivity contribution in [1.82, 2.24) is 9.80 Å². The average Bonchev–Trinajstić information content (AvgIpc) is 2.44. The molecule has 0 aromatic heterocycles. The lowest BCUT2D eigenvalue weighted by Crippen LogP contribution is -2.45. The summed E-state index contributed by atoms with van der Waals surface area (Å²) < 4.78 is 2.18. The maximum Gasteiger partial charge on any atom is 0.0470 e. The Bertz CT molecular complexity index is 443. The Labute approximate surface area is 138 Å². The molecule has 1 heterocycles. The molecule has 112 valence electrons. The number of nitrogens with zero attached hydrogens (tertiary/aromatic N) is 2. The average molecular weight is 405 g/mol. The van der Waals surface area contributed by atoms with Gasteiger partial charge in [0, 0.05) is 40.7 Å². The number of hydrogen-bond donors (Lipinski definition) is 1. The first-order chi connectivity index (χ1) is 9.52. The van der Waals surface area contributed by atoms with Gasteiger partial charge in [-0.05, 0) is 76.5 Å². The molecule has 1 aliphatic heterocycles. The van der Waals surface area contributed by atoms with Gasteiger partial charge in [0.1, 0.15) is 0 Å². The molecule has 3 nitrogen and oxygen atoms in total. The highest BCUT2D eigenvalue weighted by molar-refractivity contribution is 9.13. The smallest absolute Gasteiger partial charge is 0.0470 e. The van der Waals surface area contributed by atoms with E-state index >= 15 is 0 Å². The molecule has 0 amide bonds. The lowest BCUT2D eigenvalue weighted by atomic mass is 9.99. The second-order valence-electron chi connectivity index (χ2n) is 5.66. The van der Waals surface area contributed by atoms with E-state index in [-0.39, 0.29) is 0 Å². The van der Waals surface area contributed by atoms with Gasteiger partial charge in [-0.25, -0.2) is 0 Å². The van der Waals surface area contributed by atoms with Crippen molar-refractivity contribution >= 4 is 31.9 Å². The number of piperidine rings is 1. The summed E-state index contributed by atoms with van der Waals surface area (Å²) in [5.41, 5.74) is 7.34. The maximum atomic E-state index is 6.04. The molecule has 1 unspecified atom stereocenters. The summed E-state index contributed by atoms with van der Waals surface area (Å²) in [7, 11) is 4.35. The van der Waals surface area contributed by atoms with Crippen LogP contribution in [0.25, 0.3) is 0 Å². The Morgan fingerprint density at radius 3 is 2.40 bits per heavy atom. The minimum absolute atomic E-state index is 0.322. The summed E-state index contributed by atoms with van der Waals surface area (Å²) in [6.45, 7) is 2.91. The summed E-state index contributed by atoms with van der Waals surface area (Å²) >= 11 is 7.11. The fourth-order valence-corrected chi connectivity index (χ4v) is 3.57. The lowest BCUT2D eigenvalue weighted by Gasteiger charge is -2.39. The highest BCUT2D eigenvalue weighted by Gasteiger charge is 2.26. The highest BCUT2D eigenvalue weighted by atomic mass is 79.9. The van der Waals surface area contributed by atoms with Crippen molar-refractivity contribution in [2.75, 3.05) is 33.7 Å². The molecule has 1 aliphatic rings. The normalized spacial score (nSPS) is 19.5. The van der Waals surface area contributed by atoms with Crippen molar-refractivity contribution in [3.05, 3.63) is 32.7 Å². The quantitative estimate of drug-likeness (QED) is 0.835. The van der Waals surface area contributed by atoms with Crippen LogP contribution in [0.3, 0.4) is 0 Å². The number of halogens is 2. The minimum Gasteiger partial charge on any atom is -0.329 e. The van der Waals surface area contributed by atoms with Gasteiger partial charge in [-0.3, -0.25) is 4.90 Å². The van der Waals surface area contributed by atoms with Crippen LogP contribution < -0.4 is 5.73 Å². The van der Waals surface area contributed by atoms with Gasteiger partial charge in [0.25, 0.3) is 0 Å². The molecule has 0 bridgehead atoms. The van der Waals surface area contributed by atoms with Gasteiger partial charge in [0.15, 0.2) is 0 Å². The van der Waals surface area contributed by atoms with Gasteiger partial charge >= 0.3 is 0 Å². The molecule has 1 aromatic carbocycles. The standard InChI is InChI=1S/C15H23Br2N3/c1-19(2)12-5-7-20(8-6-12)15(10-18)11-3-4-13(16)14(17)9-11/h3-4,9,12,15H,5-8,10,18H2,1-2H3. The molecule has 2 rings (SSSR count). The summed E-state index contributed by atoms with van der Waals surface area (Å²) in [5, 5.41) is 0. The van der Waals surface area contributed by atoms with Crippen LogP contribution in [-0.2, 0) is 0 Å². The van der Waals surface area contributed by atoms with Crippen molar-refractivity contribution in [3.8, 4) is 0 Å². The van der Waals surface area contributed by atoms with E-state index in [4.69, 9.17) is 5.73 Å². The van der Waals surface area contributed by atoms with Gasteiger partial charge < -0.3 is 10.6 Å². The van der Waals surface area contributed by atoms with Gasteiger partial charge in [-0.15, -0.1) is 0 Å². The zero-order valence-corrected chi connectivity index (χ0v) is 15.3. The second kappa shape index (κ2) is 7.36. The summed E-state index contributed by atoms with van der Waals surface area (Å²) in [5.74, 6) is 0. The van der Waals surface area contributed by atoms with E-state index in [1.807, 2.05) is 0 Å². The van der Waals surface area contributed by atoms with Crippen molar-refractivity contribution in [2.24, 2.45) is 5.73 Å². The minimum atomic E-state index is 0.322. The Hall–Kier alpha value is 0.0600. The number of nitrogens with two attached hydrogens (primary N) is 1. The van der Waals surface area contributed by atoms with Crippen LogP contribution in [0.4, 0.5) is 0 Å². The monoisotopic (exact) mass is 403 g/mol. The van der Waals surface area contributed by atoms with Crippen molar-refractivity contribution in [1.29, 1.82) is 0 Å². The molecule has 0 aliphatic carbocycles.